The Morgan fingerprint density at radius 2 is 2.25 bits per heavy atom. The van der Waals surface area contributed by atoms with Crippen molar-refractivity contribution in [2.75, 3.05) is 13.1 Å². The fraction of sp³-hybridized carbons (Fsp3) is 0.438. The highest BCUT2D eigenvalue weighted by molar-refractivity contribution is 5.84. The Balaban J connectivity index is 1.54. The molecule has 0 aliphatic carbocycles. The van der Waals surface area contributed by atoms with Crippen LogP contribution in [0.2, 0.25) is 0 Å². The third kappa shape index (κ3) is 3.02. The number of hydrogen-bond donors (Lipinski definition) is 3. The Morgan fingerprint density at radius 3 is 3.10 bits per heavy atom. The number of carbonyl (C=O) groups excluding carboxylic acids is 1. The van der Waals surface area contributed by atoms with Crippen LogP contribution in [0.5, 0.6) is 0 Å². The zero-order valence-corrected chi connectivity index (χ0v) is 11.6. The summed E-state index contributed by atoms with van der Waals surface area (Å²) in [6.07, 6.45) is 5.59. The Hall–Kier alpha value is -1.81. The van der Waals surface area contributed by atoms with E-state index in [2.05, 4.69) is 27.8 Å². The molecule has 4 nitrogen and oxygen atoms in total. The lowest BCUT2D eigenvalue weighted by molar-refractivity contribution is -0.121. The zero-order chi connectivity index (χ0) is 13.8. The quantitative estimate of drug-likeness (QED) is 0.796. The minimum atomic E-state index is 0.156. The van der Waals surface area contributed by atoms with E-state index >= 15 is 0 Å². The number of H-pyrrole nitrogens is 1. The molecule has 106 valence electrons. The SMILES string of the molecule is O=C(CCc1c[nH]c2ccccc12)NC1CCCNC1. The van der Waals surface area contributed by atoms with Crippen LogP contribution in [0, 0.1) is 0 Å². The van der Waals surface area contributed by atoms with E-state index in [4.69, 9.17) is 0 Å². The monoisotopic (exact) mass is 271 g/mol. The van der Waals surface area contributed by atoms with Crippen molar-refractivity contribution >= 4 is 16.8 Å². The number of para-hydroxylation sites is 1. The first-order chi connectivity index (χ1) is 9.83. The van der Waals surface area contributed by atoms with E-state index in [1.54, 1.807) is 0 Å². The molecule has 3 rings (SSSR count). The maximum atomic E-state index is 12.0. The predicted molar refractivity (Wildman–Crippen MR) is 80.7 cm³/mol. The second-order valence-electron chi connectivity index (χ2n) is 5.47. The van der Waals surface area contributed by atoms with Gasteiger partial charge >= 0.3 is 0 Å². The fourth-order valence-corrected chi connectivity index (χ4v) is 2.86. The molecule has 1 aromatic heterocycles. The van der Waals surface area contributed by atoms with E-state index in [1.807, 2.05) is 18.3 Å². The molecule has 1 unspecified atom stereocenters. The van der Waals surface area contributed by atoms with Crippen molar-refractivity contribution in [1.82, 2.24) is 15.6 Å². The van der Waals surface area contributed by atoms with Crippen molar-refractivity contribution in [1.29, 1.82) is 0 Å². The molecule has 2 aromatic rings. The number of piperidine rings is 1. The summed E-state index contributed by atoms with van der Waals surface area (Å²) in [7, 11) is 0. The standard InChI is InChI=1S/C16H21N3O/c20-16(19-13-4-3-9-17-11-13)8-7-12-10-18-15-6-2-1-5-14(12)15/h1-2,5-6,10,13,17-18H,3-4,7-9,11H2,(H,19,20). The average Bonchev–Trinajstić information content (AvgIpc) is 2.89. The van der Waals surface area contributed by atoms with Crippen molar-refractivity contribution in [2.24, 2.45) is 0 Å². The first kappa shape index (κ1) is 13.2. The van der Waals surface area contributed by atoms with Gasteiger partial charge < -0.3 is 15.6 Å². The lowest BCUT2D eigenvalue weighted by atomic mass is 10.1. The summed E-state index contributed by atoms with van der Waals surface area (Å²) >= 11 is 0. The van der Waals surface area contributed by atoms with Crippen LogP contribution in [0.15, 0.2) is 30.5 Å². The summed E-state index contributed by atoms with van der Waals surface area (Å²) in [5, 5.41) is 7.65. The zero-order valence-electron chi connectivity index (χ0n) is 11.6. The van der Waals surface area contributed by atoms with Crippen LogP contribution >= 0.6 is 0 Å². The summed E-state index contributed by atoms with van der Waals surface area (Å²) in [4.78, 5) is 15.2. The molecule has 1 aromatic carbocycles. The Bertz CT molecular complexity index is 584. The number of carbonyl (C=O) groups is 1. The normalized spacial score (nSPS) is 19.1. The first-order valence-corrected chi connectivity index (χ1v) is 7.38. The molecule has 1 atom stereocenters. The molecule has 1 saturated heterocycles. The molecular weight excluding hydrogens is 250 g/mol. The average molecular weight is 271 g/mol. The van der Waals surface area contributed by atoms with Crippen LogP contribution in [0.4, 0.5) is 0 Å². The van der Waals surface area contributed by atoms with Gasteiger partial charge in [0.05, 0.1) is 0 Å². The van der Waals surface area contributed by atoms with Crippen LogP contribution in [0.3, 0.4) is 0 Å². The molecule has 1 fully saturated rings. The number of fused-ring (bicyclic) bond motifs is 1. The number of rotatable bonds is 4. The molecule has 0 saturated carbocycles. The number of hydrogen-bond acceptors (Lipinski definition) is 2. The number of aromatic nitrogens is 1. The van der Waals surface area contributed by atoms with Crippen molar-refractivity contribution in [3.63, 3.8) is 0 Å². The second kappa shape index (κ2) is 6.09. The molecule has 2 heterocycles. The van der Waals surface area contributed by atoms with Gasteiger partial charge in [-0.1, -0.05) is 18.2 Å². The largest absolute Gasteiger partial charge is 0.361 e. The first-order valence-electron chi connectivity index (χ1n) is 7.38. The number of aryl methyl sites for hydroxylation is 1. The van der Waals surface area contributed by atoms with Gasteiger partial charge in [0.25, 0.3) is 0 Å². The molecule has 0 radical (unpaired) electrons. The highest BCUT2D eigenvalue weighted by Gasteiger charge is 2.15. The third-order valence-electron chi connectivity index (χ3n) is 3.96. The van der Waals surface area contributed by atoms with Gasteiger partial charge in [0.2, 0.25) is 5.91 Å². The van der Waals surface area contributed by atoms with Crippen molar-refractivity contribution in [2.45, 2.75) is 31.7 Å². The lowest BCUT2D eigenvalue weighted by Crippen LogP contribution is -2.45. The van der Waals surface area contributed by atoms with Gasteiger partial charge in [0.1, 0.15) is 0 Å². The van der Waals surface area contributed by atoms with E-state index in [0.717, 1.165) is 37.9 Å². The van der Waals surface area contributed by atoms with Crippen LogP contribution in [0.1, 0.15) is 24.8 Å². The molecule has 3 N–H and O–H groups in total. The molecule has 1 aliphatic heterocycles. The summed E-state index contributed by atoms with van der Waals surface area (Å²) in [6, 6.07) is 8.52. The van der Waals surface area contributed by atoms with Gasteiger partial charge in [-0.3, -0.25) is 4.79 Å². The summed E-state index contributed by atoms with van der Waals surface area (Å²) in [5.74, 6) is 0.156. The molecule has 4 heteroatoms. The fourth-order valence-electron chi connectivity index (χ4n) is 2.86. The molecule has 0 spiro atoms. The summed E-state index contributed by atoms with van der Waals surface area (Å²) in [6.45, 7) is 1.97. The van der Waals surface area contributed by atoms with E-state index in [-0.39, 0.29) is 5.91 Å². The van der Waals surface area contributed by atoms with E-state index in [1.165, 1.54) is 10.9 Å². The van der Waals surface area contributed by atoms with Gasteiger partial charge in [-0.15, -0.1) is 0 Å². The van der Waals surface area contributed by atoms with Gasteiger partial charge in [0, 0.05) is 36.1 Å². The maximum absolute atomic E-state index is 12.0. The van der Waals surface area contributed by atoms with E-state index < -0.39 is 0 Å². The van der Waals surface area contributed by atoms with Crippen LogP contribution in [0.25, 0.3) is 10.9 Å². The molecule has 1 amide bonds. The van der Waals surface area contributed by atoms with E-state index in [9.17, 15) is 4.79 Å². The Labute approximate surface area is 118 Å². The number of aromatic amines is 1. The predicted octanol–water partition coefficient (Wildman–Crippen LogP) is 1.97. The Morgan fingerprint density at radius 1 is 1.35 bits per heavy atom. The van der Waals surface area contributed by atoms with Gasteiger partial charge in [0.15, 0.2) is 0 Å². The third-order valence-corrected chi connectivity index (χ3v) is 3.96. The maximum Gasteiger partial charge on any atom is 0.220 e. The minimum absolute atomic E-state index is 0.156. The summed E-state index contributed by atoms with van der Waals surface area (Å²) in [5.41, 5.74) is 2.36. The highest BCUT2D eigenvalue weighted by Crippen LogP contribution is 2.18. The lowest BCUT2D eigenvalue weighted by Gasteiger charge is -2.23. The minimum Gasteiger partial charge on any atom is -0.361 e. The number of amides is 1. The van der Waals surface area contributed by atoms with Gasteiger partial charge in [-0.25, -0.2) is 0 Å². The van der Waals surface area contributed by atoms with Crippen LogP contribution in [-0.2, 0) is 11.2 Å². The summed E-state index contributed by atoms with van der Waals surface area (Å²) < 4.78 is 0. The van der Waals surface area contributed by atoms with Crippen molar-refractivity contribution < 1.29 is 4.79 Å². The number of benzene rings is 1. The van der Waals surface area contributed by atoms with Crippen molar-refractivity contribution in [3.8, 4) is 0 Å². The van der Waals surface area contributed by atoms with Gasteiger partial charge in [-0.05, 0) is 37.4 Å². The second-order valence-corrected chi connectivity index (χ2v) is 5.47. The van der Waals surface area contributed by atoms with Gasteiger partial charge in [-0.2, -0.15) is 0 Å². The number of nitrogens with one attached hydrogen (secondary N) is 3. The molecule has 1 aliphatic rings. The van der Waals surface area contributed by atoms with E-state index in [0.29, 0.717) is 12.5 Å². The van der Waals surface area contributed by atoms with Crippen LogP contribution in [-0.4, -0.2) is 30.0 Å². The van der Waals surface area contributed by atoms with Crippen LogP contribution < -0.4 is 10.6 Å². The molecule has 0 bridgehead atoms. The topological polar surface area (TPSA) is 56.9 Å². The smallest absolute Gasteiger partial charge is 0.220 e. The highest BCUT2D eigenvalue weighted by atomic mass is 16.1. The molecular formula is C16H21N3O. The molecule has 20 heavy (non-hydrogen) atoms. The van der Waals surface area contributed by atoms with Crippen molar-refractivity contribution in [3.05, 3.63) is 36.0 Å². The Kier molecular flexibility index (Phi) is 4.02.